The van der Waals surface area contributed by atoms with Gasteiger partial charge in [0.05, 0.1) is 18.6 Å². The molecule has 0 saturated heterocycles. The topological polar surface area (TPSA) is 60.0 Å². The summed E-state index contributed by atoms with van der Waals surface area (Å²) < 4.78 is 17.9. The highest BCUT2D eigenvalue weighted by Crippen LogP contribution is 2.55. The summed E-state index contributed by atoms with van der Waals surface area (Å²) in [6, 6.07) is 13.9. The highest BCUT2D eigenvalue weighted by molar-refractivity contribution is 5.68. The van der Waals surface area contributed by atoms with E-state index in [2.05, 4.69) is 29.4 Å². The molecule has 32 heavy (non-hydrogen) atoms. The van der Waals surface area contributed by atoms with Gasteiger partial charge in [0, 0.05) is 18.5 Å². The van der Waals surface area contributed by atoms with Crippen molar-refractivity contribution in [3.63, 3.8) is 0 Å². The van der Waals surface area contributed by atoms with Gasteiger partial charge in [0.15, 0.2) is 11.5 Å². The fourth-order valence-electron chi connectivity index (χ4n) is 5.33. The van der Waals surface area contributed by atoms with Gasteiger partial charge < -0.3 is 24.4 Å². The van der Waals surface area contributed by atoms with Crippen LogP contribution in [-0.4, -0.2) is 43.9 Å². The third kappa shape index (κ3) is 3.52. The molecule has 1 amide bonds. The lowest BCUT2D eigenvalue weighted by Crippen LogP contribution is -2.44. The van der Waals surface area contributed by atoms with Gasteiger partial charge in [0.2, 0.25) is 0 Å². The lowest BCUT2D eigenvalue weighted by atomic mass is 9.69. The van der Waals surface area contributed by atoms with Crippen LogP contribution in [0.3, 0.4) is 0 Å². The van der Waals surface area contributed by atoms with Crippen LogP contribution >= 0.6 is 0 Å². The SMILES string of the molecule is COc1ccc2c3c1O[C@H]1C[C@@H](OC(=O)NC(C)c4ccccc4)C=C[C@@]31CCN(C)C2. The first-order valence-corrected chi connectivity index (χ1v) is 11.3. The van der Waals surface area contributed by atoms with Gasteiger partial charge in [-0.1, -0.05) is 42.5 Å². The summed E-state index contributed by atoms with van der Waals surface area (Å²) in [4.78, 5) is 14.9. The van der Waals surface area contributed by atoms with E-state index in [1.165, 1.54) is 11.1 Å². The maximum Gasteiger partial charge on any atom is 0.408 e. The van der Waals surface area contributed by atoms with Crippen LogP contribution in [0, 0.1) is 0 Å². The van der Waals surface area contributed by atoms with Crippen LogP contribution in [0.25, 0.3) is 0 Å². The van der Waals surface area contributed by atoms with Crippen molar-refractivity contribution in [3.05, 3.63) is 71.3 Å². The first-order chi connectivity index (χ1) is 15.5. The number of hydrogen-bond donors (Lipinski definition) is 1. The van der Waals surface area contributed by atoms with E-state index in [0.29, 0.717) is 6.42 Å². The molecule has 2 aromatic carbocycles. The summed E-state index contributed by atoms with van der Waals surface area (Å²) in [7, 11) is 3.83. The number of hydrogen-bond acceptors (Lipinski definition) is 5. The molecule has 1 spiro atoms. The van der Waals surface area contributed by atoms with Crippen molar-refractivity contribution in [2.45, 2.75) is 50.0 Å². The van der Waals surface area contributed by atoms with E-state index in [0.717, 1.165) is 36.6 Å². The molecule has 0 bridgehead atoms. The minimum atomic E-state index is -0.415. The van der Waals surface area contributed by atoms with Gasteiger partial charge in [-0.25, -0.2) is 4.79 Å². The second kappa shape index (κ2) is 8.17. The lowest BCUT2D eigenvalue weighted by Gasteiger charge is -2.36. The summed E-state index contributed by atoms with van der Waals surface area (Å²) in [6.07, 6.45) is 4.99. The average Bonchev–Trinajstić information content (AvgIpc) is 3.05. The molecule has 2 aliphatic heterocycles. The molecular formula is C26H30N2O4. The Balaban J connectivity index is 1.36. The number of nitrogens with zero attached hydrogens (tertiary/aromatic N) is 1. The Bertz CT molecular complexity index is 1040. The third-order valence-corrected chi connectivity index (χ3v) is 7.02. The zero-order valence-corrected chi connectivity index (χ0v) is 18.8. The third-order valence-electron chi connectivity index (χ3n) is 7.02. The number of methoxy groups -OCH3 is 1. The second-order valence-corrected chi connectivity index (χ2v) is 9.08. The Morgan fingerprint density at radius 1 is 1.25 bits per heavy atom. The predicted octanol–water partition coefficient (Wildman–Crippen LogP) is 4.35. The Morgan fingerprint density at radius 2 is 2.06 bits per heavy atom. The summed E-state index contributed by atoms with van der Waals surface area (Å²) in [5.41, 5.74) is 3.35. The van der Waals surface area contributed by atoms with Gasteiger partial charge in [-0.2, -0.15) is 0 Å². The number of rotatable bonds is 4. The summed E-state index contributed by atoms with van der Waals surface area (Å²) >= 11 is 0. The summed E-state index contributed by atoms with van der Waals surface area (Å²) in [5, 5.41) is 2.94. The molecule has 2 heterocycles. The van der Waals surface area contributed by atoms with Gasteiger partial charge >= 0.3 is 6.09 Å². The molecule has 0 fully saturated rings. The largest absolute Gasteiger partial charge is 0.493 e. The zero-order chi connectivity index (χ0) is 22.3. The lowest BCUT2D eigenvalue weighted by molar-refractivity contribution is 0.0594. The maximum atomic E-state index is 12.6. The van der Waals surface area contributed by atoms with Crippen molar-refractivity contribution >= 4 is 6.09 Å². The molecule has 0 saturated carbocycles. The highest BCUT2D eigenvalue weighted by atomic mass is 16.6. The second-order valence-electron chi connectivity index (χ2n) is 9.08. The molecule has 6 heteroatoms. The van der Waals surface area contributed by atoms with Crippen LogP contribution in [-0.2, 0) is 16.7 Å². The number of amides is 1. The standard InChI is InChI=1S/C26H30N2O4/c1-17(18-7-5-4-6-8-18)27-25(29)31-20-11-12-26-13-14-28(2)16-19-9-10-21(30-3)24(23(19)26)32-22(26)15-20/h4-12,17,20,22H,13-16H2,1-3H3,(H,27,29)/t17?,20-,22-,26-/m0/s1. The fraction of sp³-hybridized carbons (Fsp3) is 0.423. The average molecular weight is 435 g/mol. The number of nitrogens with one attached hydrogen (secondary N) is 1. The molecule has 5 rings (SSSR count). The number of ether oxygens (including phenoxy) is 3. The molecule has 168 valence electrons. The number of carbonyl (C=O) groups excluding carboxylic acids is 1. The van der Waals surface area contributed by atoms with Gasteiger partial charge in [-0.3, -0.25) is 0 Å². The molecule has 3 aliphatic rings. The van der Waals surface area contributed by atoms with Gasteiger partial charge in [0.25, 0.3) is 0 Å². The van der Waals surface area contributed by atoms with Crippen LogP contribution in [0.1, 0.15) is 42.5 Å². The van der Waals surface area contributed by atoms with Crippen molar-refractivity contribution in [3.8, 4) is 11.5 Å². The van der Waals surface area contributed by atoms with E-state index in [9.17, 15) is 4.79 Å². The fourth-order valence-corrected chi connectivity index (χ4v) is 5.33. The minimum absolute atomic E-state index is 0.0894. The molecule has 1 N–H and O–H groups in total. The molecule has 1 unspecified atom stereocenters. The Hall–Kier alpha value is -2.99. The van der Waals surface area contributed by atoms with Gasteiger partial charge in [0.1, 0.15) is 12.2 Å². The number of alkyl carbamates (subject to hydrolysis) is 1. The monoisotopic (exact) mass is 434 g/mol. The van der Waals surface area contributed by atoms with Crippen LogP contribution in [0.5, 0.6) is 11.5 Å². The van der Waals surface area contributed by atoms with E-state index >= 15 is 0 Å². The van der Waals surface area contributed by atoms with Crippen molar-refractivity contribution in [2.75, 3.05) is 20.7 Å². The van der Waals surface area contributed by atoms with Gasteiger partial charge in [-0.15, -0.1) is 0 Å². The van der Waals surface area contributed by atoms with E-state index in [4.69, 9.17) is 14.2 Å². The molecule has 6 nitrogen and oxygen atoms in total. The minimum Gasteiger partial charge on any atom is -0.493 e. The number of carbonyl (C=O) groups is 1. The van der Waals surface area contributed by atoms with Crippen LogP contribution in [0.4, 0.5) is 4.79 Å². The molecule has 4 atom stereocenters. The smallest absolute Gasteiger partial charge is 0.408 e. The first kappa shape index (κ1) is 20.9. The van der Waals surface area contributed by atoms with E-state index in [1.807, 2.05) is 49.4 Å². The first-order valence-electron chi connectivity index (χ1n) is 11.3. The Labute approximate surface area is 189 Å². The van der Waals surface area contributed by atoms with Crippen LogP contribution < -0.4 is 14.8 Å². The normalized spacial score (nSPS) is 26.8. The van der Waals surface area contributed by atoms with Crippen molar-refractivity contribution in [2.24, 2.45) is 0 Å². The van der Waals surface area contributed by atoms with Gasteiger partial charge in [-0.05, 0) is 50.2 Å². The van der Waals surface area contributed by atoms with E-state index in [1.54, 1.807) is 7.11 Å². The molecule has 0 aromatic heterocycles. The van der Waals surface area contributed by atoms with Crippen LogP contribution in [0.15, 0.2) is 54.6 Å². The predicted molar refractivity (Wildman–Crippen MR) is 122 cm³/mol. The van der Waals surface area contributed by atoms with E-state index < -0.39 is 6.09 Å². The number of benzene rings is 2. The maximum absolute atomic E-state index is 12.6. The molecule has 1 aliphatic carbocycles. The molecular weight excluding hydrogens is 404 g/mol. The molecule has 0 radical (unpaired) electrons. The summed E-state index contributed by atoms with van der Waals surface area (Å²) in [5.74, 6) is 1.61. The van der Waals surface area contributed by atoms with E-state index in [-0.39, 0.29) is 23.7 Å². The Morgan fingerprint density at radius 3 is 2.84 bits per heavy atom. The zero-order valence-electron chi connectivity index (χ0n) is 18.8. The summed E-state index contributed by atoms with van der Waals surface area (Å²) in [6.45, 7) is 3.81. The Kier molecular flexibility index (Phi) is 5.33. The highest BCUT2D eigenvalue weighted by Gasteiger charge is 2.53. The van der Waals surface area contributed by atoms with Crippen molar-refractivity contribution in [1.29, 1.82) is 0 Å². The molecule has 2 aromatic rings. The van der Waals surface area contributed by atoms with Crippen molar-refractivity contribution < 1.29 is 19.0 Å². The quantitative estimate of drug-likeness (QED) is 0.726. The van der Waals surface area contributed by atoms with Crippen LogP contribution in [0.2, 0.25) is 0 Å². The van der Waals surface area contributed by atoms with Crippen molar-refractivity contribution in [1.82, 2.24) is 10.2 Å².